The maximum atomic E-state index is 13.2. The first-order valence-corrected chi connectivity index (χ1v) is 6.49. The molecule has 0 aliphatic carbocycles. The third-order valence-electron chi connectivity index (χ3n) is 2.42. The molecule has 0 radical (unpaired) electrons. The van der Waals surface area contributed by atoms with E-state index in [-0.39, 0.29) is 0 Å². The van der Waals surface area contributed by atoms with Crippen LogP contribution >= 0.6 is 6.88 Å². The summed E-state index contributed by atoms with van der Waals surface area (Å²) >= 11 is 0. The molecule has 0 fully saturated rings. The predicted molar refractivity (Wildman–Crippen MR) is 41.9 cm³/mol. The molecule has 0 aromatic rings. The van der Waals surface area contributed by atoms with Gasteiger partial charge in [-0.1, -0.05) is 0 Å². The number of halogens is 3. The van der Waals surface area contributed by atoms with E-state index >= 15 is 0 Å². The second-order valence-electron chi connectivity index (χ2n) is 2.89. The molecule has 0 spiro atoms. The van der Waals surface area contributed by atoms with Crippen molar-refractivity contribution in [2.24, 2.45) is 0 Å². The van der Waals surface area contributed by atoms with E-state index in [4.69, 9.17) is 0 Å². The normalized spacial score (nSPS) is 19.8. The van der Waals surface area contributed by atoms with Gasteiger partial charge in [-0.15, -0.1) is 0 Å². The zero-order chi connectivity index (χ0) is 8.53. The molecule has 0 aliphatic heterocycles. The maximum absolute atomic E-state index is 13.2. The Morgan fingerprint density at radius 1 is 0.800 bits per heavy atom. The van der Waals surface area contributed by atoms with Crippen LogP contribution < -0.4 is 0 Å². The second-order valence-corrected chi connectivity index (χ2v) is 8.66. The Bertz CT molecular complexity index is 120. The van der Waals surface area contributed by atoms with Crippen LogP contribution in [0.25, 0.3) is 0 Å². The summed E-state index contributed by atoms with van der Waals surface area (Å²) in [4.78, 5) is 0. The Morgan fingerprint density at radius 3 is 1.00 bits per heavy atom. The van der Waals surface area contributed by atoms with E-state index in [9.17, 15) is 12.6 Å². The van der Waals surface area contributed by atoms with Gasteiger partial charge in [0.25, 0.3) is 0 Å². The van der Waals surface area contributed by atoms with Crippen molar-refractivity contribution in [3.63, 3.8) is 0 Å². The average Bonchev–Trinajstić information content (AvgIpc) is 1.90. The fourth-order valence-electron chi connectivity index (χ4n) is 0.671. The summed E-state index contributed by atoms with van der Waals surface area (Å²) in [6.45, 7) is -2.59. The van der Waals surface area contributed by atoms with Crippen LogP contribution in [0.5, 0.6) is 0 Å². The van der Waals surface area contributed by atoms with Crippen molar-refractivity contribution < 1.29 is 12.6 Å². The Morgan fingerprint density at radius 2 is 1.00 bits per heavy atom. The number of rotatable bonds is 3. The van der Waals surface area contributed by atoms with Gasteiger partial charge in [0, 0.05) is 0 Å². The monoisotopic (exact) mass is 175 g/mol. The van der Waals surface area contributed by atoms with E-state index in [1.54, 1.807) is 0 Å². The molecule has 0 saturated carbocycles. The van der Waals surface area contributed by atoms with Gasteiger partial charge in [0.15, 0.2) is 0 Å². The summed E-state index contributed by atoms with van der Waals surface area (Å²) in [5.41, 5.74) is 0. The van der Waals surface area contributed by atoms with Gasteiger partial charge in [-0.2, -0.15) is 0 Å². The van der Waals surface area contributed by atoms with Crippen LogP contribution in [0, 0.1) is 0 Å². The summed E-state index contributed by atoms with van der Waals surface area (Å²) < 4.78 is 39.5. The third kappa shape index (κ3) is 1.85. The zero-order valence-corrected chi connectivity index (χ0v) is 7.60. The molecular weight excluding hydrogens is 160 g/mol. The first-order valence-electron chi connectivity index (χ1n) is 3.58. The molecule has 0 atom stereocenters. The summed E-state index contributed by atoms with van der Waals surface area (Å²) in [7, 11) is 0. The topological polar surface area (TPSA) is 0 Å². The molecule has 0 aromatic heterocycles. The van der Waals surface area contributed by atoms with E-state index in [1.807, 2.05) is 0 Å². The van der Waals surface area contributed by atoms with Crippen molar-refractivity contribution >= 4 is 6.88 Å². The van der Waals surface area contributed by atoms with Crippen LogP contribution in [0.2, 0.25) is 0 Å². The Balaban J connectivity index is 4.83. The Labute approximate surface area is 59.7 Å². The minimum absolute atomic E-state index is 0.613. The molecule has 0 aromatic carbocycles. The summed E-state index contributed by atoms with van der Waals surface area (Å²) in [5, 5.41) is 0. The molecule has 0 nitrogen and oxygen atoms in total. The van der Waals surface area contributed by atoms with E-state index in [0.717, 1.165) is 0 Å². The van der Waals surface area contributed by atoms with Crippen LogP contribution in [-0.4, -0.2) is 18.5 Å². The quantitative estimate of drug-likeness (QED) is 0.572. The fourth-order valence-corrected chi connectivity index (χ4v) is 2.01. The van der Waals surface area contributed by atoms with E-state index in [0.29, 0.717) is 0 Å². The SMILES string of the molecule is CC[P-](F)(F)(F)(CC)CC. The van der Waals surface area contributed by atoms with Gasteiger partial charge in [-0.05, 0) is 0 Å². The van der Waals surface area contributed by atoms with E-state index in [1.165, 1.54) is 20.8 Å². The zero-order valence-electron chi connectivity index (χ0n) is 6.70. The van der Waals surface area contributed by atoms with Crippen LogP contribution in [0.3, 0.4) is 0 Å². The van der Waals surface area contributed by atoms with Crippen LogP contribution in [0.4, 0.5) is 12.6 Å². The van der Waals surface area contributed by atoms with Crippen molar-refractivity contribution in [3.05, 3.63) is 0 Å². The van der Waals surface area contributed by atoms with Crippen molar-refractivity contribution in [3.8, 4) is 0 Å². The molecule has 0 bridgehead atoms. The van der Waals surface area contributed by atoms with E-state index < -0.39 is 25.4 Å². The molecule has 0 N–H and O–H groups in total. The molecule has 0 rings (SSSR count). The molecule has 10 heavy (non-hydrogen) atoms. The van der Waals surface area contributed by atoms with Crippen molar-refractivity contribution in [2.45, 2.75) is 20.8 Å². The fraction of sp³-hybridized carbons (Fsp3) is 1.00. The Hall–Kier alpha value is 0.220. The predicted octanol–water partition coefficient (Wildman–Crippen LogP) is 3.79. The average molecular weight is 175 g/mol. The molecule has 0 aliphatic rings. The first kappa shape index (κ1) is 10.2. The van der Waals surface area contributed by atoms with Gasteiger partial charge in [-0.3, -0.25) is 0 Å². The standard InChI is InChI=1S/C6H15F3P/c1-4-10(7,8,9,5-2)6-3/h4-6H2,1-3H3/q-1. The molecule has 0 amide bonds. The van der Waals surface area contributed by atoms with Gasteiger partial charge in [-0.25, -0.2) is 0 Å². The van der Waals surface area contributed by atoms with Gasteiger partial charge in [0.1, 0.15) is 0 Å². The molecule has 0 unspecified atom stereocenters. The molecule has 0 heterocycles. The van der Waals surface area contributed by atoms with Gasteiger partial charge in [0.2, 0.25) is 0 Å². The third-order valence-corrected chi connectivity index (χ3v) is 7.25. The summed E-state index contributed by atoms with van der Waals surface area (Å²) in [5.74, 6) is 0. The van der Waals surface area contributed by atoms with Crippen molar-refractivity contribution in [2.75, 3.05) is 18.5 Å². The van der Waals surface area contributed by atoms with E-state index in [2.05, 4.69) is 0 Å². The van der Waals surface area contributed by atoms with Crippen molar-refractivity contribution in [1.29, 1.82) is 0 Å². The molecular formula is C6H15F3P-. The number of hydrogen-bond donors (Lipinski definition) is 0. The van der Waals surface area contributed by atoms with Crippen LogP contribution in [0.1, 0.15) is 20.8 Å². The van der Waals surface area contributed by atoms with Crippen LogP contribution in [-0.2, 0) is 0 Å². The van der Waals surface area contributed by atoms with Crippen molar-refractivity contribution in [1.82, 2.24) is 0 Å². The van der Waals surface area contributed by atoms with Crippen LogP contribution in [0.15, 0.2) is 0 Å². The summed E-state index contributed by atoms with van der Waals surface area (Å²) in [6, 6.07) is 0. The number of hydrogen-bond acceptors (Lipinski definition) is 0. The van der Waals surface area contributed by atoms with Gasteiger partial charge in [0.05, 0.1) is 0 Å². The molecule has 66 valence electrons. The van der Waals surface area contributed by atoms with Gasteiger partial charge >= 0.3 is 58.7 Å². The Kier molecular flexibility index (Phi) is 1.92. The molecule has 0 saturated heterocycles. The minimum atomic E-state index is -6.27. The molecule has 4 heteroatoms. The first-order chi connectivity index (χ1) is 4.21. The summed E-state index contributed by atoms with van der Waals surface area (Å²) in [6.07, 6.45) is -1.84. The van der Waals surface area contributed by atoms with Gasteiger partial charge < -0.3 is 0 Å². The second kappa shape index (κ2) is 1.88.